The number of methoxy groups -OCH3 is 2. The quantitative estimate of drug-likeness (QED) is 0.119. The minimum absolute atomic E-state index is 0.00400. The molecule has 1 aromatic heterocycles. The molecule has 5 nitrogen and oxygen atoms in total. The van der Waals surface area contributed by atoms with Crippen molar-refractivity contribution in [1.82, 2.24) is 4.90 Å². The largest absolute Gasteiger partial charge is 0.497 e. The van der Waals surface area contributed by atoms with Gasteiger partial charge in [0.1, 0.15) is 23.9 Å². The van der Waals surface area contributed by atoms with Gasteiger partial charge < -0.3 is 14.2 Å². The molecule has 6 heteroatoms. The summed E-state index contributed by atoms with van der Waals surface area (Å²) in [5.74, 6) is 2.38. The average molecular weight is 572 g/mol. The Morgan fingerprint density at radius 2 is 1.61 bits per heavy atom. The Balaban J connectivity index is 1.33. The molecule has 4 aromatic rings. The number of piperidine rings is 1. The van der Waals surface area contributed by atoms with Gasteiger partial charge in [0.25, 0.3) is 0 Å². The van der Waals surface area contributed by atoms with E-state index in [2.05, 4.69) is 11.8 Å². The SMILES string of the molecule is CCCCCCN1CCCCC1COc1ccc(C(=O)c2c(-c3ccc(OC)cc3)sc3cc(OC)ccc23)cc1. The summed E-state index contributed by atoms with van der Waals surface area (Å²) in [4.78, 5) is 17.6. The molecule has 1 unspecified atom stereocenters. The van der Waals surface area contributed by atoms with Gasteiger partial charge in [-0.05, 0) is 105 Å². The maximum absolute atomic E-state index is 14.0. The van der Waals surface area contributed by atoms with E-state index in [9.17, 15) is 4.79 Å². The minimum atomic E-state index is 0.00400. The molecule has 1 atom stereocenters. The molecule has 216 valence electrons. The number of carbonyl (C=O) groups is 1. The number of ether oxygens (including phenoxy) is 3. The Bertz CT molecular complexity index is 1430. The second-order valence-corrected chi connectivity index (χ2v) is 11.9. The predicted molar refractivity (Wildman–Crippen MR) is 169 cm³/mol. The first-order valence-corrected chi connectivity index (χ1v) is 15.7. The van der Waals surface area contributed by atoms with Crippen LogP contribution in [-0.2, 0) is 0 Å². The fourth-order valence-corrected chi connectivity index (χ4v) is 6.93. The Labute approximate surface area is 248 Å². The van der Waals surface area contributed by atoms with E-state index in [1.807, 2.05) is 66.7 Å². The Morgan fingerprint density at radius 3 is 2.34 bits per heavy atom. The molecule has 0 amide bonds. The number of ketones is 1. The van der Waals surface area contributed by atoms with Gasteiger partial charge in [-0.25, -0.2) is 0 Å². The van der Waals surface area contributed by atoms with E-state index >= 15 is 0 Å². The van der Waals surface area contributed by atoms with Crippen molar-refractivity contribution in [2.45, 2.75) is 57.9 Å². The van der Waals surface area contributed by atoms with Crippen LogP contribution < -0.4 is 14.2 Å². The lowest BCUT2D eigenvalue weighted by molar-refractivity contribution is 0.0978. The number of unbranched alkanes of at least 4 members (excludes halogenated alkanes) is 3. The fraction of sp³-hybridized carbons (Fsp3) is 0.400. The standard InChI is InChI=1S/C35H41NO4S/c1-4-5-6-8-21-36-22-9-7-10-27(36)24-40-29-17-11-25(12-18-29)34(37)33-31-20-19-30(39-3)23-32(31)41-35(33)26-13-15-28(38-2)16-14-26/h11-20,23,27H,4-10,21-22,24H2,1-3H3. The van der Waals surface area contributed by atoms with Gasteiger partial charge in [0.05, 0.1) is 14.2 Å². The molecule has 0 radical (unpaired) electrons. The minimum Gasteiger partial charge on any atom is -0.497 e. The van der Waals surface area contributed by atoms with Gasteiger partial charge in [0.15, 0.2) is 5.78 Å². The molecular weight excluding hydrogens is 530 g/mol. The third-order valence-electron chi connectivity index (χ3n) is 8.08. The van der Waals surface area contributed by atoms with Crippen LogP contribution >= 0.6 is 11.3 Å². The highest BCUT2D eigenvalue weighted by Gasteiger charge is 2.24. The van der Waals surface area contributed by atoms with E-state index in [1.54, 1.807) is 25.6 Å². The van der Waals surface area contributed by atoms with Crippen molar-refractivity contribution >= 4 is 27.2 Å². The van der Waals surface area contributed by atoms with Crippen molar-refractivity contribution < 1.29 is 19.0 Å². The Morgan fingerprint density at radius 1 is 0.878 bits per heavy atom. The fourth-order valence-electron chi connectivity index (χ4n) is 5.70. The maximum atomic E-state index is 14.0. The summed E-state index contributed by atoms with van der Waals surface area (Å²) >= 11 is 1.61. The lowest BCUT2D eigenvalue weighted by atomic mass is 9.97. The van der Waals surface area contributed by atoms with E-state index in [0.29, 0.717) is 23.8 Å². The zero-order valence-electron chi connectivity index (χ0n) is 24.5. The second kappa shape index (κ2) is 14.0. The van der Waals surface area contributed by atoms with Crippen LogP contribution in [-0.4, -0.2) is 50.6 Å². The number of thiophene rings is 1. The van der Waals surface area contributed by atoms with Gasteiger partial charge in [0.2, 0.25) is 0 Å². The molecular formula is C35H41NO4S. The molecule has 2 heterocycles. The van der Waals surface area contributed by atoms with Gasteiger partial charge in [-0.2, -0.15) is 0 Å². The van der Waals surface area contributed by atoms with E-state index in [0.717, 1.165) is 37.8 Å². The number of hydrogen-bond acceptors (Lipinski definition) is 6. The highest BCUT2D eigenvalue weighted by molar-refractivity contribution is 7.22. The van der Waals surface area contributed by atoms with Gasteiger partial charge in [-0.1, -0.05) is 32.6 Å². The second-order valence-electron chi connectivity index (χ2n) is 10.8. The molecule has 0 spiro atoms. The number of likely N-dealkylation sites (tertiary alicyclic amines) is 1. The molecule has 0 N–H and O–H groups in total. The molecule has 3 aromatic carbocycles. The summed E-state index contributed by atoms with van der Waals surface area (Å²) in [5.41, 5.74) is 2.35. The number of fused-ring (bicyclic) bond motifs is 1. The predicted octanol–water partition coefficient (Wildman–Crippen LogP) is 8.63. The number of benzene rings is 3. The average Bonchev–Trinajstić information content (AvgIpc) is 3.41. The van der Waals surface area contributed by atoms with Crippen molar-refractivity contribution in [3.63, 3.8) is 0 Å². The Kier molecular flexibility index (Phi) is 9.97. The molecule has 5 rings (SSSR count). The van der Waals surface area contributed by atoms with E-state index in [4.69, 9.17) is 14.2 Å². The third kappa shape index (κ3) is 6.94. The van der Waals surface area contributed by atoms with Crippen LogP contribution in [0.15, 0.2) is 66.7 Å². The zero-order chi connectivity index (χ0) is 28.6. The summed E-state index contributed by atoms with van der Waals surface area (Å²) in [6, 6.07) is 21.9. The number of nitrogens with zero attached hydrogens (tertiary/aromatic N) is 1. The topological polar surface area (TPSA) is 48.0 Å². The molecule has 1 aliphatic rings. The van der Waals surface area contributed by atoms with E-state index < -0.39 is 0 Å². The monoisotopic (exact) mass is 571 g/mol. The van der Waals surface area contributed by atoms with E-state index in [-0.39, 0.29) is 5.78 Å². The smallest absolute Gasteiger partial charge is 0.195 e. The normalized spacial score (nSPS) is 15.6. The first-order chi connectivity index (χ1) is 20.1. The number of carbonyl (C=O) groups excluding carboxylic acids is 1. The third-order valence-corrected chi connectivity index (χ3v) is 9.28. The lowest BCUT2D eigenvalue weighted by Crippen LogP contribution is -2.43. The highest BCUT2D eigenvalue weighted by atomic mass is 32.1. The van der Waals surface area contributed by atoms with Crippen molar-refractivity contribution in [3.05, 3.63) is 77.9 Å². The van der Waals surface area contributed by atoms with Crippen LogP contribution in [0.4, 0.5) is 0 Å². The van der Waals surface area contributed by atoms with E-state index in [1.165, 1.54) is 58.0 Å². The molecule has 1 fully saturated rings. The summed E-state index contributed by atoms with van der Waals surface area (Å²) in [7, 11) is 3.32. The summed E-state index contributed by atoms with van der Waals surface area (Å²) < 4.78 is 18.1. The van der Waals surface area contributed by atoms with Crippen molar-refractivity contribution in [2.24, 2.45) is 0 Å². The molecule has 0 saturated carbocycles. The summed E-state index contributed by atoms with van der Waals surface area (Å²) in [6.07, 6.45) is 8.90. The molecule has 1 saturated heterocycles. The Hall–Kier alpha value is -3.35. The highest BCUT2D eigenvalue weighted by Crippen LogP contribution is 2.41. The van der Waals surface area contributed by atoms with Gasteiger partial charge in [-0.3, -0.25) is 9.69 Å². The van der Waals surface area contributed by atoms with Crippen molar-refractivity contribution in [3.8, 4) is 27.7 Å². The van der Waals surface area contributed by atoms with Crippen molar-refractivity contribution in [2.75, 3.05) is 33.9 Å². The van der Waals surface area contributed by atoms with Crippen LogP contribution in [0.2, 0.25) is 0 Å². The molecule has 41 heavy (non-hydrogen) atoms. The first kappa shape index (κ1) is 29.2. The number of rotatable bonds is 13. The molecule has 0 bridgehead atoms. The van der Waals surface area contributed by atoms with Crippen LogP contribution in [0.25, 0.3) is 20.5 Å². The maximum Gasteiger partial charge on any atom is 0.195 e. The van der Waals surface area contributed by atoms with Crippen LogP contribution in [0.5, 0.6) is 17.2 Å². The molecule has 1 aliphatic heterocycles. The van der Waals surface area contributed by atoms with Crippen molar-refractivity contribution in [1.29, 1.82) is 0 Å². The molecule has 0 aliphatic carbocycles. The zero-order valence-corrected chi connectivity index (χ0v) is 25.3. The number of hydrogen-bond donors (Lipinski definition) is 0. The van der Waals surface area contributed by atoms with Crippen LogP contribution in [0.3, 0.4) is 0 Å². The van der Waals surface area contributed by atoms with Gasteiger partial charge in [0, 0.05) is 32.1 Å². The van der Waals surface area contributed by atoms with Gasteiger partial charge >= 0.3 is 0 Å². The van der Waals surface area contributed by atoms with Crippen LogP contribution in [0.1, 0.15) is 67.8 Å². The van der Waals surface area contributed by atoms with Crippen LogP contribution in [0, 0.1) is 0 Å². The lowest BCUT2D eigenvalue weighted by Gasteiger charge is -2.35. The summed E-state index contributed by atoms with van der Waals surface area (Å²) in [6.45, 7) is 5.29. The van der Waals surface area contributed by atoms with Gasteiger partial charge in [-0.15, -0.1) is 11.3 Å². The summed E-state index contributed by atoms with van der Waals surface area (Å²) in [5, 5.41) is 0.934. The first-order valence-electron chi connectivity index (χ1n) is 14.9.